The first-order valence-electron chi connectivity index (χ1n) is 9.59. The molecule has 0 fully saturated rings. The summed E-state index contributed by atoms with van der Waals surface area (Å²) in [5.74, 6) is 0.402. The van der Waals surface area contributed by atoms with Crippen LogP contribution in [0.4, 0.5) is 0 Å². The smallest absolute Gasteiger partial charge is 0.333 e. The fourth-order valence-electron chi connectivity index (χ4n) is 3.40. The van der Waals surface area contributed by atoms with E-state index in [1.54, 1.807) is 27.3 Å². The van der Waals surface area contributed by atoms with E-state index in [0.717, 1.165) is 24.8 Å². The van der Waals surface area contributed by atoms with Gasteiger partial charge < -0.3 is 9.67 Å². The molecule has 28 heavy (non-hydrogen) atoms. The monoisotopic (exact) mass is 404 g/mol. The number of halogens is 1. The van der Waals surface area contributed by atoms with Crippen molar-refractivity contribution in [3.63, 3.8) is 0 Å². The van der Waals surface area contributed by atoms with Gasteiger partial charge in [0.15, 0.2) is 11.2 Å². The number of nitrogens with zero attached hydrogens (tertiary/aromatic N) is 4. The summed E-state index contributed by atoms with van der Waals surface area (Å²) in [5.41, 5.74) is 0.703. The summed E-state index contributed by atoms with van der Waals surface area (Å²) in [7, 11) is 0. The fraction of sp³-hybridized carbons (Fsp3) is 0.450. The van der Waals surface area contributed by atoms with Crippen LogP contribution in [0.1, 0.15) is 44.5 Å². The quantitative estimate of drug-likeness (QED) is 0.625. The Bertz CT molecular complexity index is 1100. The number of hydrogen-bond acceptors (Lipinski definition) is 4. The van der Waals surface area contributed by atoms with Crippen LogP contribution in [0.3, 0.4) is 0 Å². The molecule has 8 heteroatoms. The van der Waals surface area contributed by atoms with Crippen molar-refractivity contribution in [2.45, 2.75) is 59.4 Å². The summed E-state index contributed by atoms with van der Waals surface area (Å²) in [4.78, 5) is 30.8. The maximum Gasteiger partial charge on any atom is 0.333 e. The van der Waals surface area contributed by atoms with Gasteiger partial charge in [-0.1, -0.05) is 44.0 Å². The Morgan fingerprint density at radius 1 is 1.07 bits per heavy atom. The van der Waals surface area contributed by atoms with Gasteiger partial charge in [0.05, 0.1) is 6.54 Å². The van der Waals surface area contributed by atoms with Crippen LogP contribution in [0.15, 0.2) is 33.9 Å². The third-order valence-corrected chi connectivity index (χ3v) is 4.98. The van der Waals surface area contributed by atoms with E-state index < -0.39 is 11.2 Å². The van der Waals surface area contributed by atoms with Gasteiger partial charge in [0.1, 0.15) is 12.4 Å². The zero-order valence-corrected chi connectivity index (χ0v) is 16.9. The third-order valence-electron chi connectivity index (χ3n) is 4.75. The highest BCUT2D eigenvalue weighted by atomic mass is 35.5. The summed E-state index contributed by atoms with van der Waals surface area (Å²) in [6.07, 6.45) is 2.48. The molecular weight excluding hydrogens is 380 g/mol. The Labute approximate surface area is 167 Å². The van der Waals surface area contributed by atoms with E-state index in [9.17, 15) is 14.7 Å². The maximum absolute atomic E-state index is 13.3. The number of imidazole rings is 1. The Kier molecular flexibility index (Phi) is 6.36. The zero-order valence-electron chi connectivity index (χ0n) is 16.2. The van der Waals surface area contributed by atoms with E-state index in [4.69, 9.17) is 11.6 Å². The molecule has 0 aliphatic carbocycles. The number of aliphatic hydroxyl groups excluding tert-OH is 1. The Hall–Kier alpha value is -2.38. The lowest BCUT2D eigenvalue weighted by Crippen LogP contribution is -2.41. The highest BCUT2D eigenvalue weighted by Gasteiger charge is 2.21. The van der Waals surface area contributed by atoms with Crippen molar-refractivity contribution in [1.29, 1.82) is 0 Å². The summed E-state index contributed by atoms with van der Waals surface area (Å²) in [6, 6.07) is 7.12. The molecule has 0 saturated carbocycles. The molecule has 3 aromatic rings. The van der Waals surface area contributed by atoms with Crippen LogP contribution in [0.2, 0.25) is 5.02 Å². The van der Waals surface area contributed by atoms with Crippen LogP contribution < -0.4 is 11.2 Å². The van der Waals surface area contributed by atoms with E-state index in [2.05, 4.69) is 4.98 Å². The first-order valence-corrected chi connectivity index (χ1v) is 9.97. The molecule has 1 N–H and O–H groups in total. The Balaban J connectivity index is 2.29. The minimum absolute atomic E-state index is 0.131. The first kappa shape index (κ1) is 20.4. The molecule has 0 radical (unpaired) electrons. The minimum atomic E-state index is -0.395. The normalized spacial score (nSPS) is 11.4. The number of rotatable bonds is 8. The number of unbranched alkanes of at least 4 members (excludes halogenated alkanes) is 1. The lowest BCUT2D eigenvalue weighted by atomic mass is 10.2. The molecule has 0 aliphatic heterocycles. The zero-order chi connectivity index (χ0) is 20.3. The van der Waals surface area contributed by atoms with E-state index in [1.807, 2.05) is 19.9 Å². The molecule has 2 aromatic heterocycles. The minimum Gasteiger partial charge on any atom is -0.388 e. The molecule has 0 spiro atoms. The Morgan fingerprint density at radius 2 is 1.86 bits per heavy atom. The van der Waals surface area contributed by atoms with Gasteiger partial charge in [-0.05, 0) is 30.5 Å². The highest BCUT2D eigenvalue weighted by molar-refractivity contribution is 6.30. The van der Waals surface area contributed by atoms with Gasteiger partial charge in [-0.25, -0.2) is 9.78 Å². The molecule has 3 rings (SSSR count). The predicted molar refractivity (Wildman–Crippen MR) is 110 cm³/mol. The summed E-state index contributed by atoms with van der Waals surface area (Å²) in [6.45, 7) is 4.89. The van der Waals surface area contributed by atoms with Crippen LogP contribution in [0, 0.1) is 0 Å². The molecule has 1 aromatic carbocycles. The number of aromatic nitrogens is 4. The molecule has 0 unspecified atom stereocenters. The Morgan fingerprint density at radius 3 is 2.50 bits per heavy atom. The molecule has 0 atom stereocenters. The fourth-order valence-corrected chi connectivity index (χ4v) is 3.61. The van der Waals surface area contributed by atoms with E-state index >= 15 is 0 Å². The van der Waals surface area contributed by atoms with Crippen LogP contribution in [0.5, 0.6) is 0 Å². The van der Waals surface area contributed by atoms with E-state index in [-0.39, 0.29) is 13.2 Å². The number of aliphatic hydroxyl groups is 1. The summed E-state index contributed by atoms with van der Waals surface area (Å²) in [5, 5.41) is 10.3. The van der Waals surface area contributed by atoms with Crippen molar-refractivity contribution in [1.82, 2.24) is 18.7 Å². The van der Waals surface area contributed by atoms with Crippen molar-refractivity contribution in [2.24, 2.45) is 0 Å². The number of aryl methyl sites for hydroxylation is 2. The summed E-state index contributed by atoms with van der Waals surface area (Å²) >= 11 is 6.06. The van der Waals surface area contributed by atoms with Gasteiger partial charge in [-0.3, -0.25) is 13.9 Å². The number of benzene rings is 1. The number of hydrogen-bond donors (Lipinski definition) is 1. The summed E-state index contributed by atoms with van der Waals surface area (Å²) < 4.78 is 4.52. The predicted octanol–water partition coefficient (Wildman–Crippen LogP) is 2.76. The van der Waals surface area contributed by atoms with Crippen LogP contribution >= 0.6 is 11.6 Å². The van der Waals surface area contributed by atoms with Gasteiger partial charge in [-0.2, -0.15) is 0 Å². The molecular formula is C20H25ClN4O3. The molecule has 0 bridgehead atoms. The van der Waals surface area contributed by atoms with Crippen molar-refractivity contribution in [3.8, 4) is 0 Å². The first-order chi connectivity index (χ1) is 13.5. The van der Waals surface area contributed by atoms with Crippen molar-refractivity contribution >= 4 is 22.8 Å². The van der Waals surface area contributed by atoms with Gasteiger partial charge in [0.2, 0.25) is 0 Å². The molecule has 2 heterocycles. The van der Waals surface area contributed by atoms with Gasteiger partial charge in [-0.15, -0.1) is 0 Å². The highest BCUT2D eigenvalue weighted by Crippen LogP contribution is 2.15. The molecule has 150 valence electrons. The molecule has 7 nitrogen and oxygen atoms in total. The van der Waals surface area contributed by atoms with Crippen LogP contribution in [-0.2, 0) is 26.2 Å². The molecule has 0 amide bonds. The standard InChI is InChI=1S/C20H25ClN4O3/c1-3-5-10-24-18-17(23(9-4-2)16(13-26)22-18)19(27)25(20(24)28)12-14-7-6-8-15(21)11-14/h6-8,11,26H,3-5,9-10,12-13H2,1-2H3. The topological polar surface area (TPSA) is 82.1 Å². The van der Waals surface area contributed by atoms with Crippen LogP contribution in [0.25, 0.3) is 11.2 Å². The molecule has 0 saturated heterocycles. The second-order valence-corrected chi connectivity index (χ2v) is 7.26. The lowest BCUT2D eigenvalue weighted by Gasteiger charge is -2.12. The van der Waals surface area contributed by atoms with Crippen molar-refractivity contribution < 1.29 is 5.11 Å². The number of fused-ring (bicyclic) bond motifs is 1. The molecule has 0 aliphatic rings. The second-order valence-electron chi connectivity index (χ2n) is 6.82. The van der Waals surface area contributed by atoms with Gasteiger partial charge >= 0.3 is 5.69 Å². The van der Waals surface area contributed by atoms with E-state index in [0.29, 0.717) is 35.1 Å². The van der Waals surface area contributed by atoms with Crippen LogP contribution in [-0.4, -0.2) is 23.8 Å². The maximum atomic E-state index is 13.3. The average molecular weight is 405 g/mol. The van der Waals surface area contributed by atoms with E-state index in [1.165, 1.54) is 4.57 Å². The van der Waals surface area contributed by atoms with Crippen molar-refractivity contribution in [3.05, 3.63) is 61.5 Å². The average Bonchev–Trinajstić information content (AvgIpc) is 3.04. The van der Waals surface area contributed by atoms with Crippen molar-refractivity contribution in [2.75, 3.05) is 0 Å². The van der Waals surface area contributed by atoms with Gasteiger partial charge in [0, 0.05) is 18.1 Å². The van der Waals surface area contributed by atoms with Gasteiger partial charge in [0.25, 0.3) is 5.56 Å². The lowest BCUT2D eigenvalue weighted by molar-refractivity contribution is 0.265. The second kappa shape index (κ2) is 8.75. The third kappa shape index (κ3) is 3.77. The SMILES string of the molecule is CCCCn1c(=O)n(Cc2cccc(Cl)c2)c(=O)c2c1nc(CO)n2CCC. The largest absolute Gasteiger partial charge is 0.388 e.